The van der Waals surface area contributed by atoms with Gasteiger partial charge in [-0.2, -0.15) is 4.79 Å². The average Bonchev–Trinajstić information content (AvgIpc) is 3.05. The lowest BCUT2D eigenvalue weighted by Crippen LogP contribution is -2.62. The molecule has 1 unspecified atom stereocenters. The van der Waals surface area contributed by atoms with E-state index in [0.29, 0.717) is 13.1 Å². The van der Waals surface area contributed by atoms with Crippen LogP contribution in [0.5, 0.6) is 5.75 Å². The van der Waals surface area contributed by atoms with E-state index in [4.69, 9.17) is 4.74 Å². The first-order valence-electron chi connectivity index (χ1n) is 9.92. The summed E-state index contributed by atoms with van der Waals surface area (Å²) in [6.07, 6.45) is 4.92. The van der Waals surface area contributed by atoms with E-state index in [0.717, 1.165) is 42.3 Å². The molecule has 1 aromatic heterocycles. The number of hydrogen-bond donors (Lipinski definition) is 1. The van der Waals surface area contributed by atoms with E-state index < -0.39 is 6.09 Å². The molecule has 0 saturated carbocycles. The van der Waals surface area contributed by atoms with Crippen molar-refractivity contribution >= 4 is 17.0 Å². The van der Waals surface area contributed by atoms with E-state index >= 15 is 0 Å². The first kappa shape index (κ1) is 19.6. The Morgan fingerprint density at radius 1 is 1.37 bits per heavy atom. The molecule has 2 aromatic rings. The first-order chi connectivity index (χ1) is 12.8. The summed E-state index contributed by atoms with van der Waals surface area (Å²) in [6.45, 7) is 9.23. The van der Waals surface area contributed by atoms with Gasteiger partial charge in [0.25, 0.3) is 0 Å². The average molecular weight is 372 g/mol. The van der Waals surface area contributed by atoms with Crippen LogP contribution in [0.2, 0.25) is 0 Å². The number of unbranched alkanes of at least 4 members (excludes halogenated alkanes) is 1. The fourth-order valence-electron chi connectivity index (χ4n) is 4.07. The van der Waals surface area contributed by atoms with E-state index in [1.807, 2.05) is 26.8 Å². The zero-order chi connectivity index (χ0) is 19.7. The summed E-state index contributed by atoms with van der Waals surface area (Å²) in [5.74, 6) is 0.781. The highest BCUT2D eigenvalue weighted by Crippen LogP contribution is 2.35. The Labute approximate surface area is 161 Å². The molecule has 0 aliphatic carbocycles. The van der Waals surface area contributed by atoms with Crippen LogP contribution in [0.3, 0.4) is 0 Å². The van der Waals surface area contributed by atoms with E-state index in [2.05, 4.69) is 30.1 Å². The zero-order valence-electron chi connectivity index (χ0n) is 16.9. The van der Waals surface area contributed by atoms with Crippen molar-refractivity contribution in [1.29, 1.82) is 0 Å². The zero-order valence-corrected chi connectivity index (χ0v) is 16.9. The van der Waals surface area contributed by atoms with E-state index in [9.17, 15) is 9.90 Å². The van der Waals surface area contributed by atoms with E-state index in [1.54, 1.807) is 6.20 Å². The third-order valence-electron chi connectivity index (χ3n) is 5.84. The lowest BCUT2D eigenvalue weighted by Gasteiger charge is -2.40. The summed E-state index contributed by atoms with van der Waals surface area (Å²) in [7, 11) is 0. The van der Waals surface area contributed by atoms with Crippen LogP contribution in [-0.2, 0) is 6.42 Å². The van der Waals surface area contributed by atoms with Crippen molar-refractivity contribution in [3.63, 3.8) is 0 Å². The lowest BCUT2D eigenvalue weighted by molar-refractivity contribution is -0.893. The maximum atomic E-state index is 12.1. The summed E-state index contributed by atoms with van der Waals surface area (Å²) in [4.78, 5) is 16.6. The minimum atomic E-state index is -0.770. The smallest absolute Gasteiger partial charge is 0.482 e. The summed E-state index contributed by atoms with van der Waals surface area (Å²) < 4.78 is 6.41. The summed E-state index contributed by atoms with van der Waals surface area (Å²) in [5.41, 5.74) is 1.74. The number of hydrogen-bond acceptors (Lipinski definition) is 3. The van der Waals surface area contributed by atoms with Gasteiger partial charge in [0, 0.05) is 18.0 Å². The Morgan fingerprint density at radius 3 is 2.78 bits per heavy atom. The molecule has 0 radical (unpaired) electrons. The van der Waals surface area contributed by atoms with Crippen LogP contribution < -0.4 is 4.74 Å². The molecule has 1 amide bonds. The van der Waals surface area contributed by atoms with Crippen molar-refractivity contribution in [3.8, 4) is 5.75 Å². The van der Waals surface area contributed by atoms with Crippen LogP contribution in [0.4, 0.5) is 4.79 Å². The minimum Gasteiger partial charge on any atom is -0.482 e. The number of aromatic nitrogens is 1. The van der Waals surface area contributed by atoms with Crippen LogP contribution in [0.15, 0.2) is 30.5 Å². The number of aryl methyl sites for hydroxylation is 1. The number of fused-ring (bicyclic) bond motifs is 1. The number of ether oxygens (including phenoxy) is 1. The Morgan fingerprint density at radius 2 is 2.15 bits per heavy atom. The Balaban J connectivity index is 1.89. The standard InChI is InChI=1S/C22H30N2O3/c1-5-6-8-16-13-17-9-7-11-23-20(17)19(14-16)27-18-10-12-24(15-18,21(25)26)22(2,3)4/h7,9,11,13-14,18H,5-6,8,10,12,15H2,1-4H3/p+1/t18-,24?/m1/s1. The number of pyridine rings is 1. The molecular formula is C22H31N2O3+. The van der Waals surface area contributed by atoms with Crippen LogP contribution in [0.1, 0.15) is 52.5 Å². The van der Waals surface area contributed by atoms with Gasteiger partial charge < -0.3 is 9.84 Å². The predicted molar refractivity (Wildman–Crippen MR) is 107 cm³/mol. The van der Waals surface area contributed by atoms with Crippen molar-refractivity contribution in [2.75, 3.05) is 13.1 Å². The van der Waals surface area contributed by atoms with Crippen LogP contribution in [0, 0.1) is 0 Å². The molecule has 1 N–H and O–H groups in total. The number of benzene rings is 1. The Bertz CT molecular complexity index is 828. The van der Waals surface area contributed by atoms with Gasteiger partial charge in [0.2, 0.25) is 0 Å². The highest BCUT2D eigenvalue weighted by atomic mass is 16.5. The lowest BCUT2D eigenvalue weighted by atomic mass is 10.0. The molecule has 1 aliphatic heterocycles. The molecule has 2 heterocycles. The number of amides is 1. The normalized spacial score (nSPS) is 22.9. The molecular weight excluding hydrogens is 340 g/mol. The molecule has 27 heavy (non-hydrogen) atoms. The van der Waals surface area contributed by atoms with E-state index in [1.165, 1.54) is 5.56 Å². The number of nitrogens with zero attached hydrogens (tertiary/aromatic N) is 2. The van der Waals surface area contributed by atoms with Gasteiger partial charge in [0.15, 0.2) is 6.10 Å². The second kappa shape index (κ2) is 7.47. The number of likely N-dealkylation sites (tertiary alicyclic amines) is 1. The molecule has 0 bridgehead atoms. The maximum Gasteiger partial charge on any atom is 0.514 e. The third kappa shape index (κ3) is 3.79. The summed E-state index contributed by atoms with van der Waals surface area (Å²) >= 11 is 0. The van der Waals surface area contributed by atoms with Crippen LogP contribution in [-0.4, -0.2) is 45.4 Å². The molecule has 146 valence electrons. The molecule has 3 rings (SSSR count). The second-order valence-electron chi connectivity index (χ2n) is 8.63. The van der Waals surface area contributed by atoms with Gasteiger partial charge in [-0.05, 0) is 57.4 Å². The van der Waals surface area contributed by atoms with Gasteiger partial charge in [0.1, 0.15) is 23.3 Å². The van der Waals surface area contributed by atoms with Gasteiger partial charge in [0.05, 0.1) is 6.54 Å². The van der Waals surface area contributed by atoms with Gasteiger partial charge in [-0.15, -0.1) is 0 Å². The monoisotopic (exact) mass is 371 g/mol. The highest BCUT2D eigenvalue weighted by Gasteiger charge is 2.53. The SMILES string of the molecule is CCCCc1cc(O[C@@H]2CC[N+](C(=O)O)(C(C)(C)C)C2)c2ncccc2c1. The molecule has 1 aliphatic rings. The number of carboxylic acid groups (broad SMARTS) is 1. The van der Waals surface area contributed by atoms with Crippen molar-refractivity contribution in [1.82, 2.24) is 4.98 Å². The number of quaternary nitrogens is 1. The molecule has 1 aromatic carbocycles. The molecule has 0 spiro atoms. The van der Waals surface area contributed by atoms with Gasteiger partial charge >= 0.3 is 6.09 Å². The topological polar surface area (TPSA) is 59.4 Å². The molecule has 1 saturated heterocycles. The molecule has 5 nitrogen and oxygen atoms in total. The third-order valence-corrected chi connectivity index (χ3v) is 5.84. The van der Waals surface area contributed by atoms with Gasteiger partial charge in [-0.25, -0.2) is 4.48 Å². The van der Waals surface area contributed by atoms with Crippen LogP contribution in [0.25, 0.3) is 10.9 Å². The van der Waals surface area contributed by atoms with Crippen molar-refractivity contribution in [2.45, 2.75) is 65.0 Å². The predicted octanol–water partition coefficient (Wildman–Crippen LogP) is 5.02. The van der Waals surface area contributed by atoms with E-state index in [-0.39, 0.29) is 16.1 Å². The minimum absolute atomic E-state index is 0.0402. The van der Waals surface area contributed by atoms with Crippen molar-refractivity contribution in [3.05, 3.63) is 36.0 Å². The largest absolute Gasteiger partial charge is 0.514 e. The Hall–Kier alpha value is -2.14. The quantitative estimate of drug-likeness (QED) is 0.750. The molecule has 2 atom stereocenters. The molecule has 5 heteroatoms. The van der Waals surface area contributed by atoms with Crippen LogP contribution >= 0.6 is 0 Å². The summed E-state index contributed by atoms with van der Waals surface area (Å²) in [6, 6.07) is 8.28. The number of rotatable bonds is 5. The first-order valence-corrected chi connectivity index (χ1v) is 9.92. The fraction of sp³-hybridized carbons (Fsp3) is 0.545. The molecule has 1 fully saturated rings. The van der Waals surface area contributed by atoms with Gasteiger partial charge in [-0.3, -0.25) is 4.98 Å². The van der Waals surface area contributed by atoms with Gasteiger partial charge in [-0.1, -0.05) is 19.4 Å². The summed E-state index contributed by atoms with van der Waals surface area (Å²) in [5, 5.41) is 11.0. The van der Waals surface area contributed by atoms with Crippen molar-refractivity contribution < 1.29 is 19.1 Å². The maximum absolute atomic E-state index is 12.1. The highest BCUT2D eigenvalue weighted by molar-refractivity contribution is 5.85. The van der Waals surface area contributed by atoms with Crippen molar-refractivity contribution in [2.24, 2.45) is 0 Å². The Kier molecular flexibility index (Phi) is 5.43. The number of carbonyl (C=O) groups is 1. The second-order valence-corrected chi connectivity index (χ2v) is 8.63. The fourth-order valence-corrected chi connectivity index (χ4v) is 4.07.